The number of carbonyl (C=O) groups excluding carboxylic acids is 2. The van der Waals surface area contributed by atoms with Gasteiger partial charge >= 0.3 is 11.9 Å². The topological polar surface area (TPSA) is 137 Å². The van der Waals surface area contributed by atoms with Crippen LogP contribution in [0.1, 0.15) is 34.1 Å². The number of hydrogen-bond acceptors (Lipinski definition) is 10. The van der Waals surface area contributed by atoms with Gasteiger partial charge in [0.2, 0.25) is 11.4 Å². The predicted octanol–water partition coefficient (Wildman–Crippen LogP) is -0.721. The summed E-state index contributed by atoms with van der Waals surface area (Å²) in [6.45, 7) is 6.98. The Morgan fingerprint density at radius 1 is 1.13 bits per heavy atom. The highest BCUT2D eigenvalue weighted by Gasteiger charge is 2.99. The number of epoxide rings is 2. The number of methoxy groups -OCH3 is 2. The van der Waals surface area contributed by atoms with Gasteiger partial charge in [-0.05, 0) is 12.8 Å². The van der Waals surface area contributed by atoms with Crippen molar-refractivity contribution in [2.75, 3.05) is 14.2 Å². The molecule has 4 aliphatic heterocycles. The highest BCUT2D eigenvalue weighted by molar-refractivity contribution is 5.86. The maximum Gasteiger partial charge on any atom is 0.344 e. The van der Waals surface area contributed by atoms with Crippen molar-refractivity contribution in [2.45, 2.75) is 86.7 Å². The van der Waals surface area contributed by atoms with Gasteiger partial charge in [-0.25, -0.2) is 4.79 Å². The van der Waals surface area contributed by atoms with Gasteiger partial charge < -0.3 is 38.6 Å². The highest BCUT2D eigenvalue weighted by atomic mass is 16.8. The van der Waals surface area contributed by atoms with Crippen LogP contribution in [0.4, 0.5) is 0 Å². The summed E-state index contributed by atoms with van der Waals surface area (Å²) < 4.78 is 34.6. The summed E-state index contributed by atoms with van der Waals surface area (Å²) in [7, 11) is 2.73. The number of hydrogen-bond donors (Lipinski definition) is 2. The van der Waals surface area contributed by atoms with Gasteiger partial charge in [0, 0.05) is 13.5 Å². The van der Waals surface area contributed by atoms with Crippen molar-refractivity contribution < 1.29 is 48.2 Å². The summed E-state index contributed by atoms with van der Waals surface area (Å²) in [6, 6.07) is 0. The van der Waals surface area contributed by atoms with E-state index in [4.69, 9.17) is 28.4 Å². The average Bonchev–Trinajstić information content (AvgIpc) is 3.55. The molecule has 31 heavy (non-hydrogen) atoms. The fourth-order valence-electron chi connectivity index (χ4n) is 7.74. The normalized spacial score (nSPS) is 62.4. The first-order valence-electron chi connectivity index (χ1n) is 10.7. The largest absolute Gasteiger partial charge is 0.467 e. The van der Waals surface area contributed by atoms with Crippen LogP contribution in [-0.2, 0) is 38.0 Å². The minimum absolute atomic E-state index is 0.0662. The Hall–Kier alpha value is -1.30. The molecule has 0 radical (unpaired) electrons. The van der Waals surface area contributed by atoms with Crippen LogP contribution < -0.4 is 0 Å². The smallest absolute Gasteiger partial charge is 0.344 e. The fourth-order valence-corrected chi connectivity index (χ4v) is 7.74. The van der Waals surface area contributed by atoms with E-state index in [9.17, 15) is 19.8 Å². The molecule has 172 valence electrons. The maximum absolute atomic E-state index is 13.1. The summed E-state index contributed by atoms with van der Waals surface area (Å²) in [4.78, 5) is 25.7. The summed E-state index contributed by atoms with van der Waals surface area (Å²) in [5.41, 5.74) is -7.29. The van der Waals surface area contributed by atoms with E-state index in [2.05, 4.69) is 0 Å². The number of ether oxygens (including phenoxy) is 6. The zero-order valence-electron chi connectivity index (χ0n) is 18.3. The van der Waals surface area contributed by atoms with Gasteiger partial charge in [0.05, 0.1) is 12.5 Å². The average molecular weight is 440 g/mol. The Bertz CT molecular complexity index is 922. The van der Waals surface area contributed by atoms with Gasteiger partial charge in [-0.15, -0.1) is 0 Å². The predicted molar refractivity (Wildman–Crippen MR) is 98.3 cm³/mol. The minimum Gasteiger partial charge on any atom is -0.467 e. The molecule has 2 aliphatic carbocycles. The van der Waals surface area contributed by atoms with E-state index in [0.717, 1.165) is 0 Å². The van der Waals surface area contributed by atoms with Crippen molar-refractivity contribution in [2.24, 2.45) is 17.3 Å². The molecule has 4 heterocycles. The van der Waals surface area contributed by atoms with Crippen LogP contribution in [-0.4, -0.2) is 89.0 Å². The van der Waals surface area contributed by atoms with Crippen molar-refractivity contribution in [1.29, 1.82) is 0 Å². The quantitative estimate of drug-likeness (QED) is 0.427. The first-order valence-corrected chi connectivity index (χ1v) is 10.7. The van der Waals surface area contributed by atoms with E-state index in [1.54, 1.807) is 27.7 Å². The minimum atomic E-state index is -1.84. The van der Waals surface area contributed by atoms with Crippen LogP contribution in [0.2, 0.25) is 0 Å². The van der Waals surface area contributed by atoms with Crippen LogP contribution >= 0.6 is 0 Å². The molecule has 6 fully saturated rings. The molecular formula is C21H28O10. The molecule has 2 bridgehead atoms. The SMILES string of the molecule is COC(=O)[C@]12C[C@@]3(O[C@@]1(C)O2)[C@@H]1O[C@@H]1[C@@]1(O)[C@@H]2C(=O)O[C@H]([C@@H](OC)[C@]13C)[C@@]2(O)C(C)C. The van der Waals surface area contributed by atoms with Gasteiger partial charge in [-0.3, -0.25) is 4.79 Å². The van der Waals surface area contributed by atoms with Crippen molar-refractivity contribution in [1.82, 2.24) is 0 Å². The second kappa shape index (κ2) is 5.10. The maximum atomic E-state index is 13.1. The first-order chi connectivity index (χ1) is 14.4. The molecule has 4 saturated heterocycles. The molecule has 2 saturated carbocycles. The zero-order chi connectivity index (χ0) is 22.6. The van der Waals surface area contributed by atoms with Crippen molar-refractivity contribution in [3.8, 4) is 0 Å². The molecule has 11 atom stereocenters. The number of rotatable bonds is 3. The molecular weight excluding hydrogens is 412 g/mol. The van der Waals surface area contributed by atoms with Gasteiger partial charge in [0.25, 0.3) is 0 Å². The molecule has 2 N–H and O–H groups in total. The van der Waals surface area contributed by atoms with Crippen molar-refractivity contribution in [3.05, 3.63) is 0 Å². The lowest BCUT2D eigenvalue weighted by Crippen LogP contribution is -2.79. The van der Waals surface area contributed by atoms with E-state index in [1.165, 1.54) is 14.2 Å². The second-order valence-electron chi connectivity index (χ2n) is 10.5. The summed E-state index contributed by atoms with van der Waals surface area (Å²) >= 11 is 0. The second-order valence-corrected chi connectivity index (χ2v) is 10.5. The van der Waals surface area contributed by atoms with Gasteiger partial charge in [0.15, 0.2) is 6.10 Å². The Kier molecular flexibility index (Phi) is 3.34. The van der Waals surface area contributed by atoms with E-state index >= 15 is 0 Å². The molecule has 0 unspecified atom stereocenters. The third-order valence-corrected chi connectivity index (χ3v) is 9.42. The lowest BCUT2D eigenvalue weighted by molar-refractivity contribution is -0.332. The van der Waals surface area contributed by atoms with E-state index in [1.807, 2.05) is 0 Å². The van der Waals surface area contributed by atoms with Gasteiger partial charge in [0.1, 0.15) is 41.0 Å². The standard InChI is InChI=1S/C21H28O10/c1-8(2)20(24)9-14(22)29-12(20)10(26-5)16(3)18(11-13(28-11)21(9,16)25)7-19(15(23)27-6)17(4,30-18)31-19/h8-13,24-25H,7H2,1-6H3/t9-,10-,11-,12-,13+,16+,17+,18-,19-,20-,21+/m1/s1. The first kappa shape index (κ1) is 20.3. The molecule has 0 aromatic rings. The Morgan fingerprint density at radius 3 is 2.39 bits per heavy atom. The van der Waals surface area contributed by atoms with E-state index in [0.29, 0.717) is 0 Å². The van der Waals surface area contributed by atoms with Gasteiger partial charge in [-0.1, -0.05) is 20.8 Å². The number of fused-ring (bicyclic) bond motifs is 9. The summed E-state index contributed by atoms with van der Waals surface area (Å²) in [5, 5.41) is 24.0. The monoisotopic (exact) mass is 440 g/mol. The molecule has 10 nitrogen and oxygen atoms in total. The van der Waals surface area contributed by atoms with Crippen LogP contribution in [0, 0.1) is 17.3 Å². The summed E-state index contributed by atoms with van der Waals surface area (Å²) in [5.74, 6) is -4.16. The lowest BCUT2D eigenvalue weighted by Gasteiger charge is -2.61. The molecule has 0 amide bonds. The number of esters is 2. The molecule has 6 rings (SSSR count). The van der Waals surface area contributed by atoms with E-state index in [-0.39, 0.29) is 6.42 Å². The Labute approximate surface area is 179 Å². The number of carbonyl (C=O) groups is 2. The van der Waals surface area contributed by atoms with Crippen molar-refractivity contribution >= 4 is 11.9 Å². The lowest BCUT2D eigenvalue weighted by atomic mass is 9.48. The Balaban J connectivity index is 1.56. The highest BCUT2D eigenvalue weighted by Crippen LogP contribution is 2.80. The van der Waals surface area contributed by atoms with Crippen molar-refractivity contribution in [3.63, 3.8) is 0 Å². The van der Waals surface area contributed by atoms with Crippen LogP contribution in [0.15, 0.2) is 0 Å². The molecule has 6 aliphatic rings. The van der Waals surface area contributed by atoms with E-state index < -0.39 is 81.8 Å². The van der Waals surface area contributed by atoms with Gasteiger partial charge in [-0.2, -0.15) is 0 Å². The molecule has 1 spiro atoms. The zero-order valence-corrected chi connectivity index (χ0v) is 18.3. The van der Waals surface area contributed by atoms with Crippen LogP contribution in [0.5, 0.6) is 0 Å². The van der Waals surface area contributed by atoms with Crippen LogP contribution in [0.25, 0.3) is 0 Å². The summed E-state index contributed by atoms with van der Waals surface area (Å²) in [6.07, 6.45) is -3.25. The fraction of sp³-hybridized carbons (Fsp3) is 0.905. The molecule has 0 aromatic carbocycles. The third-order valence-electron chi connectivity index (χ3n) is 9.42. The Morgan fingerprint density at radius 2 is 1.81 bits per heavy atom. The third kappa shape index (κ3) is 1.64. The van der Waals surface area contributed by atoms with Crippen LogP contribution in [0.3, 0.4) is 0 Å². The number of aliphatic hydroxyl groups is 2. The molecule has 10 heteroatoms. The molecule has 0 aromatic heterocycles.